The van der Waals surface area contributed by atoms with Gasteiger partial charge in [0.15, 0.2) is 0 Å². The molecule has 0 atom stereocenters. The van der Waals surface area contributed by atoms with E-state index >= 15 is 0 Å². The predicted octanol–water partition coefficient (Wildman–Crippen LogP) is -1.20. The highest BCUT2D eigenvalue weighted by atomic mass is 16.6. The summed E-state index contributed by atoms with van der Waals surface area (Å²) in [4.78, 5) is 1.56. The summed E-state index contributed by atoms with van der Waals surface area (Å²) < 4.78 is 6.04. The number of rotatable bonds is 3. The summed E-state index contributed by atoms with van der Waals surface area (Å²) in [6.07, 6.45) is 5.77. The molecule has 0 amide bonds. The van der Waals surface area contributed by atoms with Crippen molar-refractivity contribution < 1.29 is 9.53 Å². The fourth-order valence-corrected chi connectivity index (χ4v) is 2.32. The molecule has 0 radical (unpaired) electrons. The molecule has 1 aliphatic rings. The van der Waals surface area contributed by atoms with E-state index in [0.717, 1.165) is 12.2 Å². The number of piperidine rings is 1. The van der Waals surface area contributed by atoms with Gasteiger partial charge in [0.1, 0.15) is 12.2 Å². The highest BCUT2D eigenvalue weighted by Gasteiger charge is 2.17. The van der Waals surface area contributed by atoms with E-state index in [1.54, 1.807) is 4.90 Å². The lowest BCUT2D eigenvalue weighted by molar-refractivity contribution is -0.918. The van der Waals surface area contributed by atoms with Gasteiger partial charge in [-0.2, -0.15) is 4.68 Å². The van der Waals surface area contributed by atoms with E-state index in [9.17, 15) is 0 Å². The minimum atomic E-state index is 0.219. The Labute approximate surface area is 104 Å². The van der Waals surface area contributed by atoms with Gasteiger partial charge in [-0.3, -0.25) is 0 Å². The standard InChI is InChI=1S/C10H15N7O/c11-9-10(14-18-13-9)17-7-8(12-15-17)6-16-4-2-1-3-5-16/h7H,1-6H2,(H2,11,13)/p+1. The molecule has 3 heterocycles. The summed E-state index contributed by atoms with van der Waals surface area (Å²) in [7, 11) is 0. The van der Waals surface area contributed by atoms with E-state index in [4.69, 9.17) is 5.73 Å². The lowest BCUT2D eigenvalue weighted by Gasteiger charge is -2.22. The Balaban J connectivity index is 1.71. The van der Waals surface area contributed by atoms with Crippen LogP contribution in [-0.4, -0.2) is 38.4 Å². The molecule has 0 aliphatic carbocycles. The smallest absolute Gasteiger partial charge is 0.243 e. The molecule has 2 aromatic heterocycles. The third kappa shape index (κ3) is 2.19. The maximum Gasteiger partial charge on any atom is 0.243 e. The zero-order chi connectivity index (χ0) is 12.4. The van der Waals surface area contributed by atoms with Crippen molar-refractivity contribution in [3.05, 3.63) is 11.9 Å². The number of anilines is 1. The average Bonchev–Trinajstić information content (AvgIpc) is 2.99. The Hall–Kier alpha value is -1.96. The molecule has 0 spiro atoms. The quantitative estimate of drug-likeness (QED) is 0.710. The SMILES string of the molecule is Nc1nonc1-n1cc(C[NH+]2CCCCC2)nn1. The molecule has 1 fully saturated rings. The lowest BCUT2D eigenvalue weighted by atomic mass is 10.1. The molecule has 3 rings (SSSR count). The van der Waals surface area contributed by atoms with Gasteiger partial charge in [-0.05, 0) is 29.6 Å². The molecule has 3 N–H and O–H groups in total. The molecule has 18 heavy (non-hydrogen) atoms. The first kappa shape index (κ1) is 11.1. The summed E-state index contributed by atoms with van der Waals surface area (Å²) in [5.41, 5.74) is 6.54. The molecule has 0 bridgehead atoms. The summed E-state index contributed by atoms with van der Waals surface area (Å²) in [5.74, 6) is 0.610. The largest absolute Gasteiger partial charge is 0.378 e. The van der Waals surface area contributed by atoms with Crippen molar-refractivity contribution in [1.29, 1.82) is 0 Å². The zero-order valence-electron chi connectivity index (χ0n) is 10.0. The van der Waals surface area contributed by atoms with E-state index in [1.165, 1.54) is 37.0 Å². The van der Waals surface area contributed by atoms with Crippen LogP contribution in [0.4, 0.5) is 5.82 Å². The van der Waals surface area contributed by atoms with Crippen molar-refractivity contribution in [1.82, 2.24) is 25.3 Å². The second-order valence-electron chi connectivity index (χ2n) is 4.61. The summed E-state index contributed by atoms with van der Waals surface area (Å²) in [6.45, 7) is 3.31. The number of nitrogens with one attached hydrogen (secondary N) is 1. The van der Waals surface area contributed by atoms with Gasteiger partial charge in [0.05, 0.1) is 19.3 Å². The van der Waals surface area contributed by atoms with Gasteiger partial charge in [0, 0.05) is 0 Å². The fourth-order valence-electron chi connectivity index (χ4n) is 2.32. The topological polar surface area (TPSA) is 100 Å². The van der Waals surface area contributed by atoms with Crippen molar-refractivity contribution in [2.24, 2.45) is 0 Å². The van der Waals surface area contributed by atoms with Crippen molar-refractivity contribution >= 4 is 5.82 Å². The van der Waals surface area contributed by atoms with Gasteiger partial charge in [-0.15, -0.1) is 5.10 Å². The second kappa shape index (κ2) is 4.73. The number of hydrogen-bond acceptors (Lipinski definition) is 6. The molecule has 8 heteroatoms. The van der Waals surface area contributed by atoms with Crippen LogP contribution in [0.15, 0.2) is 10.8 Å². The average molecular weight is 250 g/mol. The monoisotopic (exact) mass is 250 g/mol. The minimum Gasteiger partial charge on any atom is -0.378 e. The molecule has 1 aliphatic heterocycles. The Morgan fingerprint density at radius 3 is 2.83 bits per heavy atom. The molecule has 2 aromatic rings. The maximum absolute atomic E-state index is 5.60. The number of aromatic nitrogens is 5. The van der Waals surface area contributed by atoms with Crippen LogP contribution in [0.1, 0.15) is 25.0 Å². The molecule has 1 saturated heterocycles. The number of nitrogen functional groups attached to an aromatic ring is 1. The first-order valence-electron chi connectivity index (χ1n) is 6.16. The number of likely N-dealkylation sites (tertiary alicyclic amines) is 1. The summed E-state index contributed by atoms with van der Waals surface area (Å²) in [6, 6.07) is 0. The van der Waals surface area contributed by atoms with Gasteiger partial charge < -0.3 is 10.6 Å². The van der Waals surface area contributed by atoms with Gasteiger partial charge in [-0.1, -0.05) is 5.21 Å². The van der Waals surface area contributed by atoms with Crippen LogP contribution in [-0.2, 0) is 6.54 Å². The van der Waals surface area contributed by atoms with Crippen molar-refractivity contribution in [3.63, 3.8) is 0 Å². The molecule has 0 aromatic carbocycles. The van der Waals surface area contributed by atoms with Crippen LogP contribution >= 0.6 is 0 Å². The summed E-state index contributed by atoms with van der Waals surface area (Å²) >= 11 is 0. The van der Waals surface area contributed by atoms with Crippen LogP contribution in [0.25, 0.3) is 5.82 Å². The number of quaternary nitrogens is 1. The summed E-state index contributed by atoms with van der Waals surface area (Å²) in [5, 5.41) is 15.3. The molecule has 8 nitrogen and oxygen atoms in total. The highest BCUT2D eigenvalue weighted by molar-refractivity contribution is 5.43. The van der Waals surface area contributed by atoms with Crippen LogP contribution in [0.3, 0.4) is 0 Å². The van der Waals surface area contributed by atoms with Crippen molar-refractivity contribution in [2.75, 3.05) is 18.8 Å². The molecular formula is C10H16N7O+. The van der Waals surface area contributed by atoms with Crippen LogP contribution in [0.2, 0.25) is 0 Å². The van der Waals surface area contributed by atoms with Gasteiger partial charge in [0.2, 0.25) is 11.6 Å². The van der Waals surface area contributed by atoms with E-state index in [1.807, 2.05) is 6.20 Å². The predicted molar refractivity (Wildman–Crippen MR) is 61.9 cm³/mol. The van der Waals surface area contributed by atoms with Gasteiger partial charge in [0.25, 0.3) is 0 Å². The third-order valence-corrected chi connectivity index (χ3v) is 3.25. The van der Waals surface area contributed by atoms with Crippen molar-refractivity contribution in [2.45, 2.75) is 25.8 Å². The van der Waals surface area contributed by atoms with Gasteiger partial charge >= 0.3 is 0 Å². The first-order valence-corrected chi connectivity index (χ1v) is 6.16. The maximum atomic E-state index is 5.60. The molecular weight excluding hydrogens is 234 g/mol. The van der Waals surface area contributed by atoms with E-state index < -0.39 is 0 Å². The van der Waals surface area contributed by atoms with Crippen LogP contribution in [0, 0.1) is 0 Å². The first-order chi connectivity index (χ1) is 8.83. The van der Waals surface area contributed by atoms with Crippen LogP contribution < -0.4 is 10.6 Å². The molecule has 0 unspecified atom stereocenters. The Bertz CT molecular complexity index is 514. The fraction of sp³-hybridized carbons (Fsp3) is 0.600. The molecule has 0 saturated carbocycles. The Kier molecular flexibility index (Phi) is 2.93. The molecule has 96 valence electrons. The number of nitrogens with two attached hydrogens (primary N) is 1. The Morgan fingerprint density at radius 2 is 2.11 bits per heavy atom. The Morgan fingerprint density at radius 1 is 1.28 bits per heavy atom. The zero-order valence-corrected chi connectivity index (χ0v) is 10.0. The number of nitrogens with zero attached hydrogens (tertiary/aromatic N) is 5. The van der Waals surface area contributed by atoms with E-state index in [2.05, 4.69) is 25.3 Å². The highest BCUT2D eigenvalue weighted by Crippen LogP contribution is 2.09. The normalized spacial score (nSPS) is 17.1. The number of hydrogen-bond donors (Lipinski definition) is 2. The van der Waals surface area contributed by atoms with Gasteiger partial charge in [-0.25, -0.2) is 4.63 Å². The van der Waals surface area contributed by atoms with Crippen LogP contribution in [0.5, 0.6) is 0 Å². The lowest BCUT2D eigenvalue weighted by Crippen LogP contribution is -3.11. The minimum absolute atomic E-state index is 0.219. The van der Waals surface area contributed by atoms with E-state index in [0.29, 0.717) is 5.82 Å². The third-order valence-electron chi connectivity index (χ3n) is 3.25. The van der Waals surface area contributed by atoms with Crippen molar-refractivity contribution in [3.8, 4) is 5.82 Å². The van der Waals surface area contributed by atoms with E-state index in [-0.39, 0.29) is 5.82 Å². The second-order valence-corrected chi connectivity index (χ2v) is 4.61.